The number of fused-ring (bicyclic) bond motifs is 1. The lowest BCUT2D eigenvalue weighted by Gasteiger charge is -2.30. The summed E-state index contributed by atoms with van der Waals surface area (Å²) in [5.74, 6) is 1.05. The Balaban J connectivity index is 1.69. The highest BCUT2D eigenvalue weighted by atomic mass is 19.1. The average molecular weight is 310 g/mol. The number of rotatable bonds is 2. The van der Waals surface area contributed by atoms with Crippen molar-refractivity contribution >= 4 is 11.5 Å². The molecule has 0 bridgehead atoms. The minimum atomic E-state index is -0.195. The lowest BCUT2D eigenvalue weighted by Crippen LogP contribution is -2.32. The molecule has 3 aromatic rings. The van der Waals surface area contributed by atoms with Crippen LogP contribution in [0.2, 0.25) is 0 Å². The fraction of sp³-hybridized carbons (Fsp3) is 0.188. The highest BCUT2D eigenvalue weighted by molar-refractivity contribution is 5.70. The van der Waals surface area contributed by atoms with E-state index in [1.165, 1.54) is 12.4 Å². The van der Waals surface area contributed by atoms with Crippen LogP contribution < -0.4 is 10.6 Å². The fourth-order valence-corrected chi connectivity index (χ4v) is 2.91. The summed E-state index contributed by atoms with van der Waals surface area (Å²) in [6, 6.07) is 6.72. The van der Waals surface area contributed by atoms with Crippen molar-refractivity contribution in [3.8, 4) is 5.82 Å². The lowest BCUT2D eigenvalue weighted by atomic mass is 9.99. The summed E-state index contributed by atoms with van der Waals surface area (Å²) in [7, 11) is 0. The Hall–Kier alpha value is -2.96. The fourth-order valence-electron chi connectivity index (χ4n) is 2.91. The van der Waals surface area contributed by atoms with Gasteiger partial charge in [-0.25, -0.2) is 19.0 Å². The predicted molar refractivity (Wildman–Crippen MR) is 84.7 cm³/mol. The van der Waals surface area contributed by atoms with E-state index in [4.69, 9.17) is 5.73 Å². The molecule has 1 aliphatic rings. The van der Waals surface area contributed by atoms with Crippen molar-refractivity contribution < 1.29 is 4.39 Å². The van der Waals surface area contributed by atoms with E-state index in [0.717, 1.165) is 24.1 Å². The number of halogens is 1. The van der Waals surface area contributed by atoms with Crippen LogP contribution in [-0.2, 0) is 13.0 Å². The first-order valence-electron chi connectivity index (χ1n) is 7.35. The summed E-state index contributed by atoms with van der Waals surface area (Å²) in [4.78, 5) is 10.6. The van der Waals surface area contributed by atoms with Gasteiger partial charge in [0, 0.05) is 25.5 Å². The molecule has 0 saturated heterocycles. The van der Waals surface area contributed by atoms with Crippen molar-refractivity contribution in [2.45, 2.75) is 13.0 Å². The van der Waals surface area contributed by atoms with Crippen LogP contribution in [-0.4, -0.2) is 26.3 Å². The van der Waals surface area contributed by atoms with E-state index in [-0.39, 0.29) is 5.82 Å². The second kappa shape index (κ2) is 5.35. The maximum absolute atomic E-state index is 13.3. The lowest BCUT2D eigenvalue weighted by molar-refractivity contribution is 0.618. The highest BCUT2D eigenvalue weighted by Gasteiger charge is 2.21. The van der Waals surface area contributed by atoms with Crippen LogP contribution in [0.1, 0.15) is 11.1 Å². The molecule has 7 heteroatoms. The zero-order chi connectivity index (χ0) is 15.8. The molecular formula is C16H15FN6. The molecule has 0 atom stereocenters. The van der Waals surface area contributed by atoms with Gasteiger partial charge < -0.3 is 10.6 Å². The Kier molecular flexibility index (Phi) is 3.18. The van der Waals surface area contributed by atoms with E-state index in [0.29, 0.717) is 23.9 Å². The van der Waals surface area contributed by atoms with Gasteiger partial charge in [-0.2, -0.15) is 5.10 Å². The van der Waals surface area contributed by atoms with Crippen LogP contribution in [0.3, 0.4) is 0 Å². The standard InChI is InChI=1S/C16H15FN6/c17-13-3-2-12-9-22(7-4-11(12)8-13)15-14(18)16(20-10-19-15)23-6-1-5-21-23/h1-3,5-6,8,10H,4,7,9,18H2. The van der Waals surface area contributed by atoms with Gasteiger partial charge in [0.05, 0.1) is 0 Å². The van der Waals surface area contributed by atoms with Gasteiger partial charge in [-0.1, -0.05) is 6.07 Å². The number of nitrogen functional groups attached to an aromatic ring is 1. The Morgan fingerprint density at radius 2 is 2.00 bits per heavy atom. The number of hydrogen-bond donors (Lipinski definition) is 1. The van der Waals surface area contributed by atoms with Gasteiger partial charge in [-0.15, -0.1) is 0 Å². The van der Waals surface area contributed by atoms with E-state index in [9.17, 15) is 4.39 Å². The first-order valence-corrected chi connectivity index (χ1v) is 7.35. The maximum Gasteiger partial charge on any atom is 0.181 e. The van der Waals surface area contributed by atoms with E-state index in [1.807, 2.05) is 12.1 Å². The second-order valence-corrected chi connectivity index (χ2v) is 5.47. The van der Waals surface area contributed by atoms with E-state index in [2.05, 4.69) is 20.0 Å². The molecule has 0 unspecified atom stereocenters. The first-order chi connectivity index (χ1) is 11.2. The predicted octanol–water partition coefficient (Wildman–Crippen LogP) is 1.95. The van der Waals surface area contributed by atoms with Crippen molar-refractivity contribution in [2.75, 3.05) is 17.2 Å². The van der Waals surface area contributed by atoms with Crippen LogP contribution in [0.25, 0.3) is 5.82 Å². The number of nitrogens with two attached hydrogens (primary N) is 1. The van der Waals surface area contributed by atoms with Crippen molar-refractivity contribution in [1.29, 1.82) is 0 Å². The number of anilines is 2. The molecule has 0 spiro atoms. The Bertz CT molecular complexity index is 846. The summed E-state index contributed by atoms with van der Waals surface area (Å²) >= 11 is 0. The number of hydrogen-bond acceptors (Lipinski definition) is 5. The molecule has 4 rings (SSSR count). The summed E-state index contributed by atoms with van der Waals surface area (Å²) in [6.45, 7) is 1.38. The zero-order valence-corrected chi connectivity index (χ0v) is 12.4. The molecule has 2 N–H and O–H groups in total. The summed E-state index contributed by atoms with van der Waals surface area (Å²) in [5, 5.41) is 4.17. The SMILES string of the molecule is Nc1c(N2CCc3cc(F)ccc3C2)ncnc1-n1cccn1. The van der Waals surface area contributed by atoms with Gasteiger partial charge in [0.2, 0.25) is 0 Å². The number of benzene rings is 1. The maximum atomic E-state index is 13.3. The topological polar surface area (TPSA) is 72.9 Å². The third-order valence-electron chi connectivity index (χ3n) is 4.04. The van der Waals surface area contributed by atoms with Crippen LogP contribution in [0, 0.1) is 5.82 Å². The minimum absolute atomic E-state index is 0.195. The average Bonchev–Trinajstić information content (AvgIpc) is 3.09. The Morgan fingerprint density at radius 3 is 2.83 bits per heavy atom. The second-order valence-electron chi connectivity index (χ2n) is 5.47. The summed E-state index contributed by atoms with van der Waals surface area (Å²) in [5.41, 5.74) is 8.89. The van der Waals surface area contributed by atoms with Crippen molar-refractivity contribution in [3.05, 3.63) is 59.9 Å². The van der Waals surface area contributed by atoms with Crippen LogP contribution >= 0.6 is 0 Å². The first kappa shape index (κ1) is 13.7. The third-order valence-corrected chi connectivity index (χ3v) is 4.04. The van der Waals surface area contributed by atoms with E-state index >= 15 is 0 Å². The molecule has 23 heavy (non-hydrogen) atoms. The Labute approximate surface area is 132 Å². The van der Waals surface area contributed by atoms with Crippen LogP contribution in [0.4, 0.5) is 15.9 Å². The molecule has 0 radical (unpaired) electrons. The summed E-state index contributed by atoms with van der Waals surface area (Å²) in [6.07, 6.45) is 5.71. The molecule has 0 saturated carbocycles. The smallest absolute Gasteiger partial charge is 0.181 e. The number of nitrogens with zero attached hydrogens (tertiary/aromatic N) is 5. The van der Waals surface area contributed by atoms with E-state index < -0.39 is 0 Å². The molecule has 0 fully saturated rings. The normalized spacial score (nSPS) is 13.9. The van der Waals surface area contributed by atoms with Gasteiger partial charge in [-0.3, -0.25) is 0 Å². The van der Waals surface area contributed by atoms with Crippen molar-refractivity contribution in [1.82, 2.24) is 19.7 Å². The van der Waals surface area contributed by atoms with Gasteiger partial charge in [0.15, 0.2) is 11.6 Å². The van der Waals surface area contributed by atoms with Gasteiger partial charge in [-0.05, 0) is 35.7 Å². The molecule has 3 heterocycles. The summed E-state index contributed by atoms with van der Waals surface area (Å²) < 4.78 is 14.9. The number of aromatic nitrogens is 4. The molecule has 2 aromatic heterocycles. The zero-order valence-electron chi connectivity index (χ0n) is 12.4. The van der Waals surface area contributed by atoms with Crippen molar-refractivity contribution in [3.63, 3.8) is 0 Å². The van der Waals surface area contributed by atoms with Crippen LogP contribution in [0.5, 0.6) is 0 Å². The molecule has 1 aliphatic heterocycles. The van der Waals surface area contributed by atoms with Crippen molar-refractivity contribution in [2.24, 2.45) is 0 Å². The van der Waals surface area contributed by atoms with E-state index in [1.54, 1.807) is 23.1 Å². The monoisotopic (exact) mass is 310 g/mol. The minimum Gasteiger partial charge on any atom is -0.393 e. The molecular weight excluding hydrogens is 295 g/mol. The highest BCUT2D eigenvalue weighted by Crippen LogP contribution is 2.29. The third kappa shape index (κ3) is 2.40. The molecule has 6 nitrogen and oxygen atoms in total. The molecule has 0 amide bonds. The molecule has 0 aliphatic carbocycles. The Morgan fingerprint density at radius 1 is 1.13 bits per heavy atom. The largest absolute Gasteiger partial charge is 0.393 e. The molecule has 1 aromatic carbocycles. The quantitative estimate of drug-likeness (QED) is 0.783. The van der Waals surface area contributed by atoms with Crippen LogP contribution in [0.15, 0.2) is 43.0 Å². The van der Waals surface area contributed by atoms with Gasteiger partial charge in [0.1, 0.15) is 17.8 Å². The van der Waals surface area contributed by atoms with Gasteiger partial charge in [0.25, 0.3) is 0 Å². The van der Waals surface area contributed by atoms with Gasteiger partial charge >= 0.3 is 0 Å². The molecule has 116 valence electrons.